The van der Waals surface area contributed by atoms with Gasteiger partial charge in [-0.1, -0.05) is 49.9 Å². The van der Waals surface area contributed by atoms with E-state index in [2.05, 4.69) is 42.7 Å². The molecule has 3 aromatic rings. The first-order valence-electron chi connectivity index (χ1n) is 14.6. The van der Waals surface area contributed by atoms with E-state index in [1.54, 1.807) is 0 Å². The number of carbonyl (C=O) groups excluding carboxylic acids is 1. The van der Waals surface area contributed by atoms with E-state index in [4.69, 9.17) is 18.7 Å². The summed E-state index contributed by atoms with van der Waals surface area (Å²) in [5.74, 6) is 8.26. The van der Waals surface area contributed by atoms with Gasteiger partial charge in [0.1, 0.15) is 17.3 Å². The van der Waals surface area contributed by atoms with Crippen molar-refractivity contribution in [2.75, 3.05) is 39.5 Å². The molecule has 0 saturated carbocycles. The molecule has 1 aromatic heterocycles. The van der Waals surface area contributed by atoms with E-state index in [-0.39, 0.29) is 23.4 Å². The summed E-state index contributed by atoms with van der Waals surface area (Å²) >= 11 is 0. The lowest BCUT2D eigenvalue weighted by Crippen LogP contribution is -2.36. The largest absolute Gasteiger partial charge is 0.494 e. The number of Topliss-reactive ketones (excluding diaryl/α,β-unsaturated/α-hetero) is 1. The predicted octanol–water partition coefficient (Wildman–Crippen LogP) is 4.98. The Bertz CT molecular complexity index is 1330. The number of hydrogen-bond acceptors (Lipinski definition) is 7. The van der Waals surface area contributed by atoms with Gasteiger partial charge in [-0.15, -0.1) is 0 Å². The molecule has 2 fully saturated rings. The van der Waals surface area contributed by atoms with Crippen LogP contribution in [0.5, 0.6) is 5.75 Å². The van der Waals surface area contributed by atoms with Gasteiger partial charge in [-0.2, -0.15) is 0 Å². The van der Waals surface area contributed by atoms with Crippen LogP contribution >= 0.6 is 0 Å². The maximum absolute atomic E-state index is 12.4. The fraction of sp³-hybridized carbons (Fsp3) is 0.471. The zero-order chi connectivity index (χ0) is 28.7. The number of benzene rings is 2. The summed E-state index contributed by atoms with van der Waals surface area (Å²) in [7, 11) is 0. The predicted molar refractivity (Wildman–Crippen MR) is 157 cm³/mol. The van der Waals surface area contributed by atoms with E-state index < -0.39 is 0 Å². The van der Waals surface area contributed by atoms with Crippen LogP contribution in [-0.4, -0.2) is 67.5 Å². The maximum Gasteiger partial charge on any atom is 0.142 e. The number of carbonyl (C=O) groups is 1. The summed E-state index contributed by atoms with van der Waals surface area (Å²) < 4.78 is 22.9. The Kier molecular flexibility index (Phi) is 9.56. The van der Waals surface area contributed by atoms with Crippen molar-refractivity contribution in [1.29, 1.82) is 0 Å². The summed E-state index contributed by atoms with van der Waals surface area (Å²) in [4.78, 5) is 14.8. The molecule has 2 aliphatic heterocycles. The Morgan fingerprint density at radius 1 is 0.976 bits per heavy atom. The Balaban J connectivity index is 1.01. The number of fused-ring (bicyclic) bond motifs is 1. The van der Waals surface area contributed by atoms with Crippen molar-refractivity contribution in [3.63, 3.8) is 0 Å². The number of nitrogens with zero attached hydrogens (tertiary/aromatic N) is 2. The molecule has 7 nitrogen and oxygen atoms in total. The van der Waals surface area contributed by atoms with Crippen molar-refractivity contribution in [1.82, 2.24) is 10.1 Å². The third kappa shape index (κ3) is 8.53. The normalized spacial score (nSPS) is 18.9. The Morgan fingerprint density at radius 3 is 2.22 bits per heavy atom. The van der Waals surface area contributed by atoms with Gasteiger partial charge in [0.05, 0.1) is 44.1 Å². The minimum atomic E-state index is -0.115. The molecular formula is C34H40N2O5. The van der Waals surface area contributed by atoms with Crippen molar-refractivity contribution >= 4 is 5.78 Å². The molecule has 0 unspecified atom stereocenters. The van der Waals surface area contributed by atoms with E-state index in [0.717, 1.165) is 54.3 Å². The summed E-state index contributed by atoms with van der Waals surface area (Å²) in [6.07, 6.45) is 2.89. The SMILES string of the molecule is CC(C)(C)c1cc(CC(=O)CCc2ccc(C#Cc3ccc(OCCCN4C[C@@H]5OCCO[C@@H]5C4)cc3)cc2)no1. The summed E-state index contributed by atoms with van der Waals surface area (Å²) in [6.45, 7) is 11.2. The van der Waals surface area contributed by atoms with Crippen molar-refractivity contribution in [2.45, 2.75) is 64.1 Å². The second kappa shape index (κ2) is 13.5. The van der Waals surface area contributed by atoms with E-state index in [9.17, 15) is 4.79 Å². The second-order valence-electron chi connectivity index (χ2n) is 11.9. The number of ketones is 1. The highest BCUT2D eigenvalue weighted by Crippen LogP contribution is 2.23. The number of aromatic nitrogens is 1. The first-order chi connectivity index (χ1) is 19.8. The van der Waals surface area contributed by atoms with Crippen LogP contribution in [0.25, 0.3) is 0 Å². The van der Waals surface area contributed by atoms with Crippen LogP contribution in [0.2, 0.25) is 0 Å². The van der Waals surface area contributed by atoms with Gasteiger partial charge in [0.15, 0.2) is 0 Å². The third-order valence-electron chi connectivity index (χ3n) is 7.45. The molecule has 0 spiro atoms. The molecule has 2 saturated heterocycles. The monoisotopic (exact) mass is 556 g/mol. The molecule has 0 radical (unpaired) electrons. The number of hydrogen-bond donors (Lipinski definition) is 0. The summed E-state index contributed by atoms with van der Waals surface area (Å²) in [5.41, 5.74) is 3.58. The molecule has 0 bridgehead atoms. The van der Waals surface area contributed by atoms with Crippen LogP contribution < -0.4 is 4.74 Å². The van der Waals surface area contributed by atoms with Crippen molar-refractivity contribution in [3.05, 3.63) is 82.7 Å². The van der Waals surface area contributed by atoms with Crippen LogP contribution in [0.3, 0.4) is 0 Å². The molecule has 7 heteroatoms. The number of ether oxygens (including phenoxy) is 3. The summed E-state index contributed by atoms with van der Waals surface area (Å²) in [5, 5.41) is 4.05. The Hall–Kier alpha value is -3.44. The van der Waals surface area contributed by atoms with Crippen LogP contribution in [0.1, 0.15) is 61.8 Å². The molecule has 2 aromatic carbocycles. The van der Waals surface area contributed by atoms with Crippen LogP contribution in [0.15, 0.2) is 59.1 Å². The highest BCUT2D eigenvalue weighted by Gasteiger charge is 2.36. The molecule has 0 aliphatic carbocycles. The maximum atomic E-state index is 12.4. The molecule has 2 atom stereocenters. The number of rotatable bonds is 10. The fourth-order valence-corrected chi connectivity index (χ4v) is 5.05. The van der Waals surface area contributed by atoms with E-state index >= 15 is 0 Å². The lowest BCUT2D eigenvalue weighted by Gasteiger charge is -2.24. The first-order valence-corrected chi connectivity index (χ1v) is 14.6. The molecule has 216 valence electrons. The highest BCUT2D eigenvalue weighted by atomic mass is 16.6. The van der Waals surface area contributed by atoms with Gasteiger partial charge in [-0.05, 0) is 54.8 Å². The van der Waals surface area contributed by atoms with Gasteiger partial charge in [-0.3, -0.25) is 9.69 Å². The van der Waals surface area contributed by atoms with Gasteiger partial charge in [0.25, 0.3) is 0 Å². The zero-order valence-electron chi connectivity index (χ0n) is 24.4. The van der Waals surface area contributed by atoms with E-state index in [1.807, 2.05) is 54.6 Å². The third-order valence-corrected chi connectivity index (χ3v) is 7.45. The smallest absolute Gasteiger partial charge is 0.142 e. The summed E-state index contributed by atoms with van der Waals surface area (Å²) in [6, 6.07) is 17.9. The molecule has 0 N–H and O–H groups in total. The average molecular weight is 557 g/mol. The van der Waals surface area contributed by atoms with E-state index in [1.165, 1.54) is 0 Å². The minimum Gasteiger partial charge on any atom is -0.494 e. The average Bonchev–Trinajstić information content (AvgIpc) is 3.61. The molecule has 41 heavy (non-hydrogen) atoms. The van der Waals surface area contributed by atoms with Gasteiger partial charge >= 0.3 is 0 Å². The highest BCUT2D eigenvalue weighted by molar-refractivity contribution is 5.80. The standard InChI is InChI=1S/C34H40N2O5/c1-34(2,3)33-22-28(35-41-33)21-29(37)14-11-26-8-5-25(6-9-26)7-10-27-12-15-30(16-13-27)38-18-4-17-36-23-31-32(24-36)40-20-19-39-31/h5-6,8-9,12-13,15-16,22,31-32H,4,11,14,17-21,23-24H2,1-3H3/t31-,32+. The molecular weight excluding hydrogens is 516 g/mol. The molecule has 2 aliphatic rings. The second-order valence-corrected chi connectivity index (χ2v) is 11.9. The van der Waals surface area contributed by atoms with Crippen molar-refractivity contribution in [2.24, 2.45) is 0 Å². The Morgan fingerprint density at radius 2 is 1.61 bits per heavy atom. The van der Waals surface area contributed by atoms with Gasteiger partial charge in [0.2, 0.25) is 0 Å². The topological polar surface area (TPSA) is 74.0 Å². The van der Waals surface area contributed by atoms with Crippen molar-refractivity contribution in [3.8, 4) is 17.6 Å². The fourth-order valence-electron chi connectivity index (χ4n) is 5.05. The Labute approximate surface area is 243 Å². The van der Waals surface area contributed by atoms with Crippen LogP contribution in [-0.2, 0) is 32.5 Å². The molecule has 3 heterocycles. The van der Waals surface area contributed by atoms with Crippen LogP contribution in [0.4, 0.5) is 0 Å². The van der Waals surface area contributed by atoms with Gasteiger partial charge < -0.3 is 18.7 Å². The number of aryl methyl sites for hydroxylation is 1. The quantitative estimate of drug-likeness (QED) is 0.257. The first kappa shape index (κ1) is 29.1. The molecule has 5 rings (SSSR count). The van der Waals surface area contributed by atoms with Gasteiger partial charge in [0, 0.05) is 48.7 Å². The number of likely N-dealkylation sites (tertiary alicyclic amines) is 1. The minimum absolute atomic E-state index is 0.115. The van der Waals surface area contributed by atoms with Crippen molar-refractivity contribution < 1.29 is 23.5 Å². The van der Waals surface area contributed by atoms with Crippen LogP contribution in [0, 0.1) is 11.8 Å². The molecule has 0 amide bonds. The van der Waals surface area contributed by atoms with E-state index in [0.29, 0.717) is 44.8 Å². The van der Waals surface area contributed by atoms with Gasteiger partial charge in [-0.25, -0.2) is 0 Å². The lowest BCUT2D eigenvalue weighted by atomic mass is 9.93. The zero-order valence-corrected chi connectivity index (χ0v) is 24.4. The lowest BCUT2D eigenvalue weighted by molar-refractivity contribution is -0.118.